The third-order valence-corrected chi connectivity index (χ3v) is 5.48. The van der Waals surface area contributed by atoms with Gasteiger partial charge in [0.25, 0.3) is 0 Å². The standard InChI is InChI=1S/C24H34O16/c1-10(25)32-8-16-18(34-11(2)26)20(36-13(4)28)22(38-15(6)30)24(39-16)40-17-9-33-23(31-7)21(37-14(5)29)19(17)35-12(3)27/h16-24H,8-9H2,1-7H3/t16-,17-,18+,19+,20+,21-,22-,23-,24-/m1/s1. The topological polar surface area (TPSA) is 195 Å². The third-order valence-electron chi connectivity index (χ3n) is 5.48. The Morgan fingerprint density at radius 3 is 1.52 bits per heavy atom. The van der Waals surface area contributed by atoms with E-state index in [4.69, 9.17) is 47.4 Å². The number of rotatable bonds is 10. The summed E-state index contributed by atoms with van der Waals surface area (Å²) in [7, 11) is 1.28. The summed E-state index contributed by atoms with van der Waals surface area (Å²) in [5.74, 6) is -4.66. The van der Waals surface area contributed by atoms with Crippen molar-refractivity contribution < 1.29 is 76.1 Å². The van der Waals surface area contributed by atoms with E-state index in [2.05, 4.69) is 0 Å². The Hall–Kier alpha value is -3.34. The van der Waals surface area contributed by atoms with Gasteiger partial charge >= 0.3 is 35.8 Å². The van der Waals surface area contributed by atoms with Crippen molar-refractivity contribution in [3.8, 4) is 0 Å². The number of esters is 6. The van der Waals surface area contributed by atoms with Gasteiger partial charge in [-0.2, -0.15) is 0 Å². The summed E-state index contributed by atoms with van der Waals surface area (Å²) in [6.07, 6.45) is -12.2. The molecule has 9 atom stereocenters. The van der Waals surface area contributed by atoms with Crippen LogP contribution in [-0.4, -0.2) is 111 Å². The van der Waals surface area contributed by atoms with Crippen molar-refractivity contribution in [2.45, 2.75) is 96.9 Å². The Labute approximate surface area is 229 Å². The fraction of sp³-hybridized carbons (Fsp3) is 0.750. The first kappa shape index (κ1) is 32.9. The Kier molecular flexibility index (Phi) is 12.2. The van der Waals surface area contributed by atoms with Crippen LogP contribution in [0, 0.1) is 0 Å². The van der Waals surface area contributed by atoms with E-state index in [0.29, 0.717) is 0 Å². The number of ether oxygens (including phenoxy) is 10. The van der Waals surface area contributed by atoms with E-state index in [1.54, 1.807) is 0 Å². The van der Waals surface area contributed by atoms with E-state index in [1.165, 1.54) is 7.11 Å². The third kappa shape index (κ3) is 9.39. The molecule has 0 radical (unpaired) electrons. The molecule has 40 heavy (non-hydrogen) atoms. The maximum atomic E-state index is 12.1. The van der Waals surface area contributed by atoms with Gasteiger partial charge in [-0.3, -0.25) is 28.8 Å². The molecule has 0 saturated carbocycles. The van der Waals surface area contributed by atoms with E-state index in [1.807, 2.05) is 0 Å². The molecule has 0 aliphatic carbocycles. The van der Waals surface area contributed by atoms with Gasteiger partial charge in [-0.1, -0.05) is 0 Å². The van der Waals surface area contributed by atoms with Crippen LogP contribution < -0.4 is 0 Å². The van der Waals surface area contributed by atoms with Gasteiger partial charge in [0.1, 0.15) is 18.8 Å². The fourth-order valence-corrected chi connectivity index (χ4v) is 4.18. The van der Waals surface area contributed by atoms with Crippen LogP contribution in [0.1, 0.15) is 41.5 Å². The summed E-state index contributed by atoms with van der Waals surface area (Å²) in [4.78, 5) is 71.2. The predicted molar refractivity (Wildman–Crippen MR) is 125 cm³/mol. The molecule has 2 heterocycles. The van der Waals surface area contributed by atoms with Gasteiger partial charge in [-0.15, -0.1) is 0 Å². The fourth-order valence-electron chi connectivity index (χ4n) is 4.18. The lowest BCUT2D eigenvalue weighted by atomic mass is 9.97. The largest absolute Gasteiger partial charge is 0.463 e. The smallest absolute Gasteiger partial charge is 0.303 e. The molecule has 0 N–H and O–H groups in total. The van der Waals surface area contributed by atoms with Crippen molar-refractivity contribution in [3.63, 3.8) is 0 Å². The molecular weight excluding hydrogens is 544 g/mol. The van der Waals surface area contributed by atoms with Crippen molar-refractivity contribution in [3.05, 3.63) is 0 Å². The lowest BCUT2D eigenvalue weighted by Gasteiger charge is -2.46. The first-order valence-corrected chi connectivity index (χ1v) is 12.2. The molecule has 2 aliphatic rings. The van der Waals surface area contributed by atoms with E-state index >= 15 is 0 Å². The van der Waals surface area contributed by atoms with Gasteiger partial charge in [0.15, 0.2) is 43.1 Å². The molecule has 2 aliphatic heterocycles. The van der Waals surface area contributed by atoms with E-state index in [-0.39, 0.29) is 6.61 Å². The van der Waals surface area contributed by atoms with Crippen molar-refractivity contribution in [1.29, 1.82) is 0 Å². The Morgan fingerprint density at radius 1 is 0.600 bits per heavy atom. The van der Waals surface area contributed by atoms with Crippen LogP contribution in [0.2, 0.25) is 0 Å². The molecule has 2 rings (SSSR count). The monoisotopic (exact) mass is 578 g/mol. The normalized spacial score (nSPS) is 31.7. The number of hydrogen-bond donors (Lipinski definition) is 0. The highest BCUT2D eigenvalue weighted by atomic mass is 16.8. The van der Waals surface area contributed by atoms with Crippen LogP contribution in [0.15, 0.2) is 0 Å². The molecule has 0 spiro atoms. The first-order chi connectivity index (χ1) is 18.7. The van der Waals surface area contributed by atoms with Gasteiger partial charge in [0.05, 0.1) is 6.61 Å². The summed E-state index contributed by atoms with van der Waals surface area (Å²) in [5, 5.41) is 0. The molecule has 0 bridgehead atoms. The zero-order valence-electron chi connectivity index (χ0n) is 23.1. The second-order valence-corrected chi connectivity index (χ2v) is 8.83. The van der Waals surface area contributed by atoms with Gasteiger partial charge < -0.3 is 47.4 Å². The van der Waals surface area contributed by atoms with Crippen LogP contribution in [0.4, 0.5) is 0 Å². The van der Waals surface area contributed by atoms with Crippen LogP contribution >= 0.6 is 0 Å². The molecule has 0 unspecified atom stereocenters. The SMILES string of the molecule is CO[C@@H]1OC[C@@H](O[C@H]2O[C@H](COC(C)=O)[C@H](OC(C)=O)[C@H](OC(C)=O)[C@H]2OC(C)=O)[C@H](OC(C)=O)[C@H]1OC(C)=O. The van der Waals surface area contributed by atoms with Crippen molar-refractivity contribution in [2.24, 2.45) is 0 Å². The van der Waals surface area contributed by atoms with Crippen LogP contribution in [0.25, 0.3) is 0 Å². The molecule has 0 aromatic carbocycles. The number of carbonyl (C=O) groups excluding carboxylic acids is 6. The highest BCUT2D eigenvalue weighted by Gasteiger charge is 2.55. The minimum atomic E-state index is -1.59. The summed E-state index contributed by atoms with van der Waals surface area (Å²) in [6, 6.07) is 0. The van der Waals surface area contributed by atoms with Crippen LogP contribution in [0.3, 0.4) is 0 Å². The molecule has 0 aromatic rings. The average molecular weight is 579 g/mol. The lowest BCUT2D eigenvalue weighted by Crippen LogP contribution is -2.65. The number of hydrogen-bond acceptors (Lipinski definition) is 16. The summed E-state index contributed by atoms with van der Waals surface area (Å²) in [5.41, 5.74) is 0. The molecule has 0 amide bonds. The van der Waals surface area contributed by atoms with Crippen molar-refractivity contribution in [2.75, 3.05) is 20.3 Å². The summed E-state index contributed by atoms with van der Waals surface area (Å²) < 4.78 is 54.5. The number of carbonyl (C=O) groups is 6. The van der Waals surface area contributed by atoms with Crippen LogP contribution in [0.5, 0.6) is 0 Å². The molecule has 0 aromatic heterocycles. The quantitative estimate of drug-likeness (QED) is 0.233. The zero-order chi connectivity index (χ0) is 30.1. The van der Waals surface area contributed by atoms with Gasteiger partial charge in [0.2, 0.25) is 0 Å². The van der Waals surface area contributed by atoms with Gasteiger partial charge in [-0.25, -0.2) is 0 Å². The minimum Gasteiger partial charge on any atom is -0.463 e. The maximum absolute atomic E-state index is 12.1. The number of methoxy groups -OCH3 is 1. The highest BCUT2D eigenvalue weighted by Crippen LogP contribution is 2.33. The zero-order valence-corrected chi connectivity index (χ0v) is 23.1. The second-order valence-electron chi connectivity index (χ2n) is 8.83. The first-order valence-electron chi connectivity index (χ1n) is 12.2. The summed E-state index contributed by atoms with van der Waals surface area (Å²) >= 11 is 0. The minimum absolute atomic E-state index is 0.291. The molecule has 2 saturated heterocycles. The van der Waals surface area contributed by atoms with E-state index in [0.717, 1.165) is 41.5 Å². The molecular formula is C24H34O16. The van der Waals surface area contributed by atoms with Crippen LogP contribution in [-0.2, 0) is 76.1 Å². The van der Waals surface area contributed by atoms with Gasteiger partial charge in [0, 0.05) is 48.7 Å². The predicted octanol–water partition coefficient (Wildman–Crippen LogP) is -0.679. The highest BCUT2D eigenvalue weighted by molar-refractivity contribution is 5.69. The Morgan fingerprint density at radius 2 is 1.05 bits per heavy atom. The Bertz CT molecular complexity index is 949. The molecule has 16 nitrogen and oxygen atoms in total. The molecule has 16 heteroatoms. The summed E-state index contributed by atoms with van der Waals surface area (Å²) in [6.45, 7) is 5.83. The van der Waals surface area contributed by atoms with Crippen molar-refractivity contribution in [1.82, 2.24) is 0 Å². The molecule has 2 fully saturated rings. The molecule has 226 valence electrons. The lowest BCUT2D eigenvalue weighted by molar-refractivity contribution is -0.344. The van der Waals surface area contributed by atoms with Gasteiger partial charge in [-0.05, 0) is 0 Å². The maximum Gasteiger partial charge on any atom is 0.303 e. The second kappa shape index (κ2) is 14.9. The van der Waals surface area contributed by atoms with E-state index < -0.39 is 97.7 Å². The van der Waals surface area contributed by atoms with E-state index in [9.17, 15) is 28.8 Å². The average Bonchev–Trinajstić information content (AvgIpc) is 2.82. The Balaban J connectivity index is 2.52. The van der Waals surface area contributed by atoms with Crippen molar-refractivity contribution >= 4 is 35.8 Å².